The topological polar surface area (TPSA) is 9.23 Å². The Hall–Kier alpha value is -0.500. The highest BCUT2D eigenvalue weighted by Gasteiger charge is 2.28. The molecular weight excluding hydrogens is 312 g/mol. The predicted molar refractivity (Wildman–Crippen MR) is 92.1 cm³/mol. The van der Waals surface area contributed by atoms with Crippen LogP contribution in [0.3, 0.4) is 0 Å². The number of para-hydroxylation sites is 1. The summed E-state index contributed by atoms with van der Waals surface area (Å²) < 4.78 is 6.23. The molecule has 0 fully saturated rings. The Morgan fingerprint density at radius 1 is 1.10 bits per heavy atom. The first-order chi connectivity index (χ1) is 9.58. The number of halogens is 1. The molecule has 2 heteroatoms. The molecule has 0 saturated carbocycles. The zero-order chi connectivity index (χ0) is 15.0. The van der Waals surface area contributed by atoms with Gasteiger partial charge in [0.05, 0.1) is 6.61 Å². The van der Waals surface area contributed by atoms with Crippen molar-refractivity contribution in [2.24, 2.45) is 5.41 Å². The van der Waals surface area contributed by atoms with Crippen molar-refractivity contribution < 1.29 is 4.74 Å². The Morgan fingerprint density at radius 2 is 1.70 bits per heavy atom. The van der Waals surface area contributed by atoms with Crippen molar-refractivity contribution >= 4 is 15.9 Å². The summed E-state index contributed by atoms with van der Waals surface area (Å²) in [6.45, 7) is 9.77. The first-order valence-corrected chi connectivity index (χ1v) is 8.98. The lowest BCUT2D eigenvalue weighted by atomic mass is 9.82. The third-order valence-electron chi connectivity index (χ3n) is 3.92. The van der Waals surface area contributed by atoms with Crippen molar-refractivity contribution in [3.05, 3.63) is 29.8 Å². The summed E-state index contributed by atoms with van der Waals surface area (Å²) in [6.07, 6.45) is 4.85. The van der Waals surface area contributed by atoms with Gasteiger partial charge in [-0.05, 0) is 30.4 Å². The van der Waals surface area contributed by atoms with Gasteiger partial charge in [-0.25, -0.2) is 0 Å². The molecule has 1 nitrogen and oxygen atoms in total. The Kier molecular flexibility index (Phi) is 7.65. The lowest BCUT2D eigenvalue weighted by molar-refractivity contribution is 0.143. The molecule has 114 valence electrons. The molecule has 0 N–H and O–H groups in total. The van der Waals surface area contributed by atoms with Gasteiger partial charge in [0.25, 0.3) is 0 Å². The molecule has 0 aliphatic carbocycles. The lowest BCUT2D eigenvalue weighted by Crippen LogP contribution is -2.30. The molecule has 1 aromatic carbocycles. The second-order valence-corrected chi connectivity index (χ2v) is 6.68. The molecule has 0 spiro atoms. The van der Waals surface area contributed by atoms with Crippen LogP contribution in [0.4, 0.5) is 0 Å². The maximum absolute atomic E-state index is 6.23. The van der Waals surface area contributed by atoms with Gasteiger partial charge in [0.15, 0.2) is 0 Å². The van der Waals surface area contributed by atoms with Crippen molar-refractivity contribution in [3.8, 4) is 5.75 Å². The molecule has 1 rings (SSSR count). The smallest absolute Gasteiger partial charge is 0.122 e. The van der Waals surface area contributed by atoms with E-state index < -0.39 is 0 Å². The van der Waals surface area contributed by atoms with E-state index in [1.165, 1.54) is 31.2 Å². The maximum atomic E-state index is 6.23. The van der Waals surface area contributed by atoms with Crippen molar-refractivity contribution in [2.45, 2.75) is 59.3 Å². The van der Waals surface area contributed by atoms with Crippen molar-refractivity contribution in [3.63, 3.8) is 0 Å². The van der Waals surface area contributed by atoms with E-state index in [-0.39, 0.29) is 5.41 Å². The number of hydrogen-bond donors (Lipinski definition) is 0. The standard InChI is InChI=1S/C18H29BrO/c1-5-11-18(13-19,12-6-2)14-20-17-10-8-7-9-16(17)15(3)4/h7-10,15H,5-6,11-14H2,1-4H3. The van der Waals surface area contributed by atoms with E-state index in [1.54, 1.807) is 0 Å². The largest absolute Gasteiger partial charge is 0.493 e. The van der Waals surface area contributed by atoms with Crippen LogP contribution in [0, 0.1) is 5.41 Å². The summed E-state index contributed by atoms with van der Waals surface area (Å²) in [5, 5.41) is 1.02. The maximum Gasteiger partial charge on any atom is 0.122 e. The molecule has 20 heavy (non-hydrogen) atoms. The highest BCUT2D eigenvalue weighted by molar-refractivity contribution is 9.09. The average molecular weight is 341 g/mol. The lowest BCUT2D eigenvalue weighted by Gasteiger charge is -2.32. The van der Waals surface area contributed by atoms with E-state index in [1.807, 2.05) is 0 Å². The number of hydrogen-bond acceptors (Lipinski definition) is 1. The van der Waals surface area contributed by atoms with Crippen LogP contribution >= 0.6 is 15.9 Å². The average Bonchev–Trinajstić information content (AvgIpc) is 2.45. The summed E-state index contributed by atoms with van der Waals surface area (Å²) >= 11 is 3.72. The first kappa shape index (κ1) is 17.6. The molecule has 1 aromatic rings. The zero-order valence-corrected chi connectivity index (χ0v) is 15.0. The van der Waals surface area contributed by atoms with E-state index in [9.17, 15) is 0 Å². The van der Waals surface area contributed by atoms with Crippen LogP contribution in [0.15, 0.2) is 24.3 Å². The number of benzene rings is 1. The summed E-state index contributed by atoms with van der Waals surface area (Å²) in [4.78, 5) is 0. The van der Waals surface area contributed by atoms with Gasteiger partial charge in [0.2, 0.25) is 0 Å². The minimum Gasteiger partial charge on any atom is -0.493 e. The second-order valence-electron chi connectivity index (χ2n) is 6.11. The highest BCUT2D eigenvalue weighted by Crippen LogP contribution is 2.34. The monoisotopic (exact) mass is 340 g/mol. The zero-order valence-electron chi connectivity index (χ0n) is 13.4. The molecule has 0 bridgehead atoms. The SMILES string of the molecule is CCCC(CBr)(CCC)COc1ccccc1C(C)C. The predicted octanol–water partition coefficient (Wildman–Crippen LogP) is 6.17. The Labute approximate surface area is 133 Å². The molecule has 0 amide bonds. The van der Waals surface area contributed by atoms with Gasteiger partial charge in [0.1, 0.15) is 5.75 Å². The fourth-order valence-corrected chi connectivity index (χ4v) is 3.54. The van der Waals surface area contributed by atoms with Gasteiger partial charge in [0, 0.05) is 10.7 Å². The van der Waals surface area contributed by atoms with Gasteiger partial charge in [-0.1, -0.05) is 74.7 Å². The van der Waals surface area contributed by atoms with Crippen molar-refractivity contribution in [1.82, 2.24) is 0 Å². The Bertz CT molecular complexity index is 381. The third kappa shape index (κ3) is 4.80. The normalized spacial score (nSPS) is 11.9. The van der Waals surface area contributed by atoms with E-state index in [4.69, 9.17) is 4.74 Å². The highest BCUT2D eigenvalue weighted by atomic mass is 79.9. The van der Waals surface area contributed by atoms with Gasteiger partial charge in [-0.3, -0.25) is 0 Å². The molecule has 0 aliphatic rings. The quantitative estimate of drug-likeness (QED) is 0.488. The fourth-order valence-electron chi connectivity index (χ4n) is 2.82. The summed E-state index contributed by atoms with van der Waals surface area (Å²) in [6, 6.07) is 8.44. The fraction of sp³-hybridized carbons (Fsp3) is 0.667. The van der Waals surface area contributed by atoms with E-state index in [0.29, 0.717) is 5.92 Å². The van der Waals surface area contributed by atoms with Gasteiger partial charge < -0.3 is 4.74 Å². The summed E-state index contributed by atoms with van der Waals surface area (Å²) in [5.74, 6) is 1.56. The van der Waals surface area contributed by atoms with Crippen molar-refractivity contribution in [2.75, 3.05) is 11.9 Å². The first-order valence-electron chi connectivity index (χ1n) is 7.86. The van der Waals surface area contributed by atoms with Crippen LogP contribution in [-0.2, 0) is 0 Å². The van der Waals surface area contributed by atoms with Crippen LogP contribution in [0.5, 0.6) is 5.75 Å². The van der Waals surface area contributed by atoms with Crippen LogP contribution in [0.25, 0.3) is 0 Å². The Balaban J connectivity index is 2.81. The molecule has 0 heterocycles. The van der Waals surface area contributed by atoms with Crippen LogP contribution < -0.4 is 4.74 Å². The van der Waals surface area contributed by atoms with E-state index >= 15 is 0 Å². The van der Waals surface area contributed by atoms with Crippen LogP contribution in [0.2, 0.25) is 0 Å². The summed E-state index contributed by atoms with van der Waals surface area (Å²) in [7, 11) is 0. The molecule has 0 saturated heterocycles. The Morgan fingerprint density at radius 3 is 2.20 bits per heavy atom. The second kappa shape index (κ2) is 8.71. The summed E-state index contributed by atoms with van der Waals surface area (Å²) in [5.41, 5.74) is 1.58. The van der Waals surface area contributed by atoms with Crippen LogP contribution in [0.1, 0.15) is 64.9 Å². The van der Waals surface area contributed by atoms with Gasteiger partial charge >= 0.3 is 0 Å². The minimum absolute atomic E-state index is 0.271. The molecule has 0 unspecified atom stereocenters. The molecule has 0 aromatic heterocycles. The molecule has 0 radical (unpaired) electrons. The molecule has 0 atom stereocenters. The van der Waals surface area contributed by atoms with Gasteiger partial charge in [-0.15, -0.1) is 0 Å². The number of rotatable bonds is 9. The number of ether oxygens (including phenoxy) is 1. The molecular formula is C18H29BrO. The molecule has 0 aliphatic heterocycles. The third-order valence-corrected chi connectivity index (χ3v) is 5.11. The van der Waals surface area contributed by atoms with Crippen LogP contribution in [-0.4, -0.2) is 11.9 Å². The number of alkyl halides is 1. The van der Waals surface area contributed by atoms with E-state index in [2.05, 4.69) is 67.9 Å². The minimum atomic E-state index is 0.271. The van der Waals surface area contributed by atoms with E-state index in [0.717, 1.165) is 17.7 Å². The van der Waals surface area contributed by atoms with Gasteiger partial charge in [-0.2, -0.15) is 0 Å². The van der Waals surface area contributed by atoms with Crippen molar-refractivity contribution in [1.29, 1.82) is 0 Å².